The number of anilines is 1. The van der Waals surface area contributed by atoms with Gasteiger partial charge in [-0.3, -0.25) is 0 Å². The molecule has 0 radical (unpaired) electrons. The van der Waals surface area contributed by atoms with E-state index < -0.39 is 0 Å². The first kappa shape index (κ1) is 10.2. The Labute approximate surface area is 101 Å². The summed E-state index contributed by atoms with van der Waals surface area (Å²) in [6.07, 6.45) is 0. The van der Waals surface area contributed by atoms with Crippen LogP contribution in [0.5, 0.6) is 11.5 Å². The Morgan fingerprint density at radius 2 is 1.88 bits per heavy atom. The summed E-state index contributed by atoms with van der Waals surface area (Å²) in [6, 6.07) is 14.6. The molecule has 1 atom stereocenters. The van der Waals surface area contributed by atoms with Crippen LogP contribution in [0.15, 0.2) is 42.5 Å². The van der Waals surface area contributed by atoms with Crippen LogP contribution in [0.1, 0.15) is 24.1 Å². The highest BCUT2D eigenvalue weighted by Crippen LogP contribution is 2.39. The van der Waals surface area contributed by atoms with Crippen molar-refractivity contribution in [2.24, 2.45) is 0 Å². The second kappa shape index (κ2) is 3.81. The first-order chi connectivity index (χ1) is 8.24. The van der Waals surface area contributed by atoms with Crippen LogP contribution in [0.4, 0.5) is 5.69 Å². The van der Waals surface area contributed by atoms with Crippen LogP contribution < -0.4 is 10.1 Å². The van der Waals surface area contributed by atoms with Gasteiger partial charge in [-0.2, -0.15) is 0 Å². The normalized spacial score (nSPS) is 17.2. The van der Waals surface area contributed by atoms with Gasteiger partial charge in [-0.05, 0) is 37.6 Å². The van der Waals surface area contributed by atoms with Crippen molar-refractivity contribution in [3.8, 4) is 11.5 Å². The monoisotopic (exact) mass is 225 g/mol. The van der Waals surface area contributed by atoms with Crippen molar-refractivity contribution in [3.05, 3.63) is 53.6 Å². The minimum atomic E-state index is 0.259. The fourth-order valence-corrected chi connectivity index (χ4v) is 2.21. The minimum absolute atomic E-state index is 0.259. The summed E-state index contributed by atoms with van der Waals surface area (Å²) in [5, 5.41) is 3.49. The van der Waals surface area contributed by atoms with E-state index in [1.165, 1.54) is 11.1 Å². The molecule has 0 unspecified atom stereocenters. The Morgan fingerprint density at radius 3 is 2.76 bits per heavy atom. The third kappa shape index (κ3) is 1.76. The van der Waals surface area contributed by atoms with E-state index in [0.29, 0.717) is 0 Å². The van der Waals surface area contributed by atoms with E-state index in [0.717, 1.165) is 17.2 Å². The summed E-state index contributed by atoms with van der Waals surface area (Å²) in [5.41, 5.74) is 3.49. The molecule has 86 valence electrons. The quantitative estimate of drug-likeness (QED) is 0.722. The summed E-state index contributed by atoms with van der Waals surface area (Å²) in [4.78, 5) is 0. The lowest BCUT2D eigenvalue weighted by molar-refractivity contribution is 0.482. The average Bonchev–Trinajstić information content (AvgIpc) is 2.46. The Bertz CT molecular complexity index is 563. The van der Waals surface area contributed by atoms with Gasteiger partial charge in [-0.1, -0.05) is 24.3 Å². The van der Waals surface area contributed by atoms with Crippen LogP contribution in [0, 0.1) is 6.92 Å². The van der Waals surface area contributed by atoms with Gasteiger partial charge in [0, 0.05) is 5.56 Å². The Morgan fingerprint density at radius 1 is 1.06 bits per heavy atom. The molecule has 2 nitrogen and oxygen atoms in total. The molecule has 0 amide bonds. The predicted molar refractivity (Wildman–Crippen MR) is 69.7 cm³/mol. The van der Waals surface area contributed by atoms with Crippen LogP contribution in [-0.2, 0) is 0 Å². The second-order valence-corrected chi connectivity index (χ2v) is 4.51. The van der Waals surface area contributed by atoms with Gasteiger partial charge < -0.3 is 10.1 Å². The molecule has 1 heterocycles. The van der Waals surface area contributed by atoms with Crippen molar-refractivity contribution in [1.29, 1.82) is 0 Å². The van der Waals surface area contributed by atoms with Gasteiger partial charge in [-0.15, -0.1) is 0 Å². The number of nitrogens with one attached hydrogen (secondary N) is 1. The average molecular weight is 225 g/mol. The fourth-order valence-electron chi connectivity index (χ4n) is 2.21. The van der Waals surface area contributed by atoms with Crippen LogP contribution >= 0.6 is 0 Å². The first-order valence-corrected chi connectivity index (χ1v) is 5.88. The number of para-hydroxylation sites is 1. The van der Waals surface area contributed by atoms with Gasteiger partial charge in [0.2, 0.25) is 0 Å². The number of rotatable bonds is 0. The number of fused-ring (bicyclic) bond motifs is 2. The van der Waals surface area contributed by atoms with Gasteiger partial charge >= 0.3 is 0 Å². The number of benzene rings is 2. The molecule has 17 heavy (non-hydrogen) atoms. The lowest BCUT2D eigenvalue weighted by atomic mass is 10.1. The maximum absolute atomic E-state index is 5.97. The minimum Gasteiger partial charge on any atom is -0.455 e. The number of ether oxygens (including phenoxy) is 1. The summed E-state index contributed by atoms with van der Waals surface area (Å²) in [7, 11) is 0. The van der Waals surface area contributed by atoms with Gasteiger partial charge in [0.25, 0.3) is 0 Å². The molecule has 2 aromatic carbocycles. The lowest BCUT2D eigenvalue weighted by Gasteiger charge is -2.13. The zero-order valence-corrected chi connectivity index (χ0v) is 10.0. The van der Waals surface area contributed by atoms with Crippen molar-refractivity contribution in [1.82, 2.24) is 0 Å². The molecule has 0 bridgehead atoms. The lowest BCUT2D eigenvalue weighted by Crippen LogP contribution is -2.04. The number of aryl methyl sites for hydroxylation is 1. The molecule has 0 aliphatic carbocycles. The van der Waals surface area contributed by atoms with E-state index in [1.54, 1.807) is 0 Å². The highest BCUT2D eigenvalue weighted by molar-refractivity contribution is 5.63. The molecule has 0 fully saturated rings. The zero-order chi connectivity index (χ0) is 11.8. The van der Waals surface area contributed by atoms with Crippen LogP contribution in [0.2, 0.25) is 0 Å². The van der Waals surface area contributed by atoms with E-state index in [1.807, 2.05) is 24.3 Å². The third-order valence-corrected chi connectivity index (χ3v) is 3.11. The molecular weight excluding hydrogens is 210 g/mol. The molecule has 3 rings (SSSR count). The maximum atomic E-state index is 5.97. The highest BCUT2D eigenvalue weighted by atomic mass is 16.5. The molecular formula is C15H15NO. The van der Waals surface area contributed by atoms with Gasteiger partial charge in [0.1, 0.15) is 5.75 Å². The number of hydrogen-bond acceptors (Lipinski definition) is 2. The molecule has 0 saturated carbocycles. The van der Waals surface area contributed by atoms with Crippen LogP contribution in [0.25, 0.3) is 0 Å². The van der Waals surface area contributed by atoms with Crippen molar-refractivity contribution < 1.29 is 4.74 Å². The summed E-state index contributed by atoms with van der Waals surface area (Å²) in [6.45, 7) is 4.24. The Hall–Kier alpha value is -1.96. The number of hydrogen-bond donors (Lipinski definition) is 1. The Kier molecular flexibility index (Phi) is 2.29. The molecule has 1 N–H and O–H groups in total. The predicted octanol–water partition coefficient (Wildman–Crippen LogP) is 4.27. The van der Waals surface area contributed by atoms with E-state index in [4.69, 9.17) is 4.74 Å². The largest absolute Gasteiger partial charge is 0.455 e. The second-order valence-electron chi connectivity index (χ2n) is 4.51. The van der Waals surface area contributed by atoms with Gasteiger partial charge in [0.15, 0.2) is 5.75 Å². The smallest absolute Gasteiger partial charge is 0.150 e. The van der Waals surface area contributed by atoms with Crippen molar-refractivity contribution in [2.45, 2.75) is 19.9 Å². The van der Waals surface area contributed by atoms with Gasteiger partial charge in [-0.25, -0.2) is 0 Å². The summed E-state index contributed by atoms with van der Waals surface area (Å²) in [5.74, 6) is 1.84. The van der Waals surface area contributed by atoms with E-state index in [-0.39, 0.29) is 6.04 Å². The highest BCUT2D eigenvalue weighted by Gasteiger charge is 2.18. The van der Waals surface area contributed by atoms with Gasteiger partial charge in [0.05, 0.1) is 11.7 Å². The standard InChI is InChI=1S/C15H15NO/c1-10-7-8-15-13(9-10)16-11(2)12-5-3-4-6-14(12)17-15/h3-9,11,16H,1-2H3/t11-/m0/s1. The molecule has 2 heteroatoms. The summed E-state index contributed by atoms with van der Waals surface area (Å²) >= 11 is 0. The molecule has 1 aliphatic rings. The fraction of sp³-hybridized carbons (Fsp3) is 0.200. The SMILES string of the molecule is Cc1ccc2c(c1)N[C@@H](C)c1ccccc1O2. The maximum Gasteiger partial charge on any atom is 0.150 e. The molecule has 0 spiro atoms. The zero-order valence-electron chi connectivity index (χ0n) is 10.0. The van der Waals surface area contributed by atoms with E-state index in [9.17, 15) is 0 Å². The first-order valence-electron chi connectivity index (χ1n) is 5.88. The van der Waals surface area contributed by atoms with Crippen LogP contribution in [0.3, 0.4) is 0 Å². The molecule has 2 aromatic rings. The molecule has 1 aliphatic heterocycles. The van der Waals surface area contributed by atoms with E-state index in [2.05, 4.69) is 37.4 Å². The third-order valence-electron chi connectivity index (χ3n) is 3.11. The molecule has 0 aromatic heterocycles. The van der Waals surface area contributed by atoms with Crippen molar-refractivity contribution in [2.75, 3.05) is 5.32 Å². The topological polar surface area (TPSA) is 21.3 Å². The van der Waals surface area contributed by atoms with Crippen LogP contribution in [-0.4, -0.2) is 0 Å². The van der Waals surface area contributed by atoms with Crippen molar-refractivity contribution >= 4 is 5.69 Å². The van der Waals surface area contributed by atoms with E-state index >= 15 is 0 Å². The summed E-state index contributed by atoms with van der Waals surface area (Å²) < 4.78 is 5.97. The molecule has 0 saturated heterocycles. The Balaban J connectivity index is 2.13. The van der Waals surface area contributed by atoms with Crippen molar-refractivity contribution in [3.63, 3.8) is 0 Å².